The van der Waals surface area contributed by atoms with Crippen LogP contribution in [-0.2, 0) is 36.9 Å². The molecule has 1 aromatic heterocycles. The molecule has 2 atom stereocenters. The quantitative estimate of drug-likeness (QED) is 0.233. The van der Waals surface area contributed by atoms with Crippen LogP contribution in [0.2, 0.25) is 0 Å². The number of nitrogens with zero attached hydrogens (tertiary/aromatic N) is 4. The average Bonchev–Trinajstić information content (AvgIpc) is 3.44. The molecule has 5 rings (SSSR count). The minimum Gasteiger partial charge on any atom is -1.00 e. The lowest BCUT2D eigenvalue weighted by Crippen LogP contribution is -3.00. The van der Waals surface area contributed by atoms with Gasteiger partial charge in [-0.25, -0.2) is 4.99 Å². The van der Waals surface area contributed by atoms with Gasteiger partial charge in [0.25, 0.3) is 23.6 Å². The third kappa shape index (κ3) is 8.89. The molecule has 4 amide bonds. The number of nitrogens with two attached hydrogens (primary N) is 1. The van der Waals surface area contributed by atoms with Gasteiger partial charge in [0.15, 0.2) is 12.4 Å². The van der Waals surface area contributed by atoms with Gasteiger partial charge in [0.05, 0.1) is 11.2 Å². The highest BCUT2D eigenvalue weighted by molar-refractivity contribution is 6.39. The largest absolute Gasteiger partial charge is 1.00 e. The number of carbonyl (C=O) groups is 5. The lowest BCUT2D eigenvalue weighted by Gasteiger charge is -2.41. The van der Waals surface area contributed by atoms with E-state index < -0.39 is 53.6 Å². The van der Waals surface area contributed by atoms with Crippen LogP contribution in [0.4, 0.5) is 0 Å². The zero-order valence-electron chi connectivity index (χ0n) is 28.4. The molecule has 3 heterocycles. The van der Waals surface area contributed by atoms with Gasteiger partial charge in [0.1, 0.15) is 30.8 Å². The van der Waals surface area contributed by atoms with Crippen LogP contribution in [0.5, 0.6) is 0 Å². The van der Waals surface area contributed by atoms with Crippen molar-refractivity contribution in [1.29, 1.82) is 0 Å². The number of benzene rings is 2. The predicted octanol–water partition coefficient (Wildman–Crippen LogP) is -0.725. The molecular weight excluding hydrogens is 704 g/mol. The van der Waals surface area contributed by atoms with E-state index in [9.17, 15) is 24.0 Å². The molecule has 0 saturated carbocycles. The van der Waals surface area contributed by atoms with Gasteiger partial charge in [0.2, 0.25) is 18.2 Å². The number of rotatable bonds is 12. The van der Waals surface area contributed by atoms with Crippen molar-refractivity contribution in [3.8, 4) is 0 Å². The van der Waals surface area contributed by atoms with Crippen LogP contribution in [0.25, 0.3) is 5.70 Å². The van der Waals surface area contributed by atoms with Crippen molar-refractivity contribution in [3.05, 3.63) is 108 Å². The number of halogens is 1. The van der Waals surface area contributed by atoms with Gasteiger partial charge in [-0.2, -0.15) is 4.57 Å². The number of amides is 4. The molecule has 0 saturated heterocycles. The fourth-order valence-corrected chi connectivity index (χ4v) is 5.85. The van der Waals surface area contributed by atoms with Crippen LogP contribution in [0.1, 0.15) is 49.2 Å². The molecule has 12 nitrogen and oxygen atoms in total. The maximum atomic E-state index is 14.4. The number of nitrogens with one attached hydrogen (secondary N) is 1. The normalized spacial score (nSPS) is 17.2. The van der Waals surface area contributed by atoms with Crippen LogP contribution in [0.15, 0.2) is 96.4 Å². The van der Waals surface area contributed by atoms with Gasteiger partial charge in [-0.15, -0.1) is 0 Å². The summed E-state index contributed by atoms with van der Waals surface area (Å²) in [7, 11) is 0. The molecule has 3 aromatic rings. The summed E-state index contributed by atoms with van der Waals surface area (Å²) >= 11 is 0. The molecular formula is C37H41BrN6O6. The van der Waals surface area contributed by atoms with Crippen molar-refractivity contribution in [2.24, 2.45) is 16.6 Å². The molecule has 0 aliphatic carbocycles. The Bertz CT molecular complexity index is 1810. The van der Waals surface area contributed by atoms with E-state index in [1.54, 1.807) is 48.8 Å². The minimum absolute atomic E-state index is 0. The fourth-order valence-electron chi connectivity index (χ4n) is 5.85. The maximum Gasteiger partial charge on any atom is 0.283 e. The first-order valence-electron chi connectivity index (χ1n) is 16.1. The second-order valence-corrected chi connectivity index (χ2v) is 13.1. The first kappa shape index (κ1) is 37.6. The van der Waals surface area contributed by atoms with Crippen LogP contribution >= 0.6 is 0 Å². The first-order valence-corrected chi connectivity index (χ1v) is 16.1. The van der Waals surface area contributed by atoms with E-state index in [0.29, 0.717) is 11.3 Å². The SMILES string of the molecule is CC(C)[C@@H]1C(=O)N(CC(=O)N[C@@H](Cc2ccccc2)C(=O)C2=NC(C)(C)CO2)C(c2ccccc2)=CN1C(=O)c1ccc[n+](CC(N)=O)c1.[Br-]. The lowest BCUT2D eigenvalue weighted by atomic mass is 9.96. The Kier molecular flexibility index (Phi) is 12.1. The van der Waals surface area contributed by atoms with Gasteiger partial charge in [0, 0.05) is 18.7 Å². The van der Waals surface area contributed by atoms with Gasteiger partial charge in [-0.1, -0.05) is 74.5 Å². The summed E-state index contributed by atoms with van der Waals surface area (Å²) in [5, 5.41) is 2.84. The van der Waals surface area contributed by atoms with Gasteiger partial charge in [-0.3, -0.25) is 33.8 Å². The van der Waals surface area contributed by atoms with Crippen LogP contribution in [0.3, 0.4) is 0 Å². The monoisotopic (exact) mass is 744 g/mol. The fraction of sp³-hybridized carbons (Fsp3) is 0.324. The summed E-state index contributed by atoms with van der Waals surface area (Å²) in [4.78, 5) is 74.6. The van der Waals surface area contributed by atoms with Gasteiger partial charge >= 0.3 is 0 Å². The lowest BCUT2D eigenvalue weighted by molar-refractivity contribution is -0.684. The predicted molar refractivity (Wildman–Crippen MR) is 181 cm³/mol. The number of ketones is 1. The Morgan fingerprint density at radius 2 is 1.68 bits per heavy atom. The van der Waals surface area contributed by atoms with E-state index in [-0.39, 0.29) is 53.9 Å². The van der Waals surface area contributed by atoms with Gasteiger partial charge in [-0.05, 0) is 37.0 Å². The van der Waals surface area contributed by atoms with E-state index in [4.69, 9.17) is 10.5 Å². The smallest absolute Gasteiger partial charge is 0.283 e. The number of aliphatic imine (C=N–C) groups is 1. The standard InChI is InChI=1S/C37H40N6O6.BrH/c1-24(2)32-36(48)42(22-31(45)39-28(18-25-12-7-5-8-13-25)33(46)34-40-37(3,4)23-49-34)29(26-14-9-6-10-15-26)20-43(32)35(47)27-16-11-17-41(19-27)21-30(38)44;/h5-17,19-20,24,28,32H,18,21-23H2,1-4H3,(H2-,38,39,44,45);1H/t28-,32+;/m0./s1. The summed E-state index contributed by atoms with van der Waals surface area (Å²) in [5.74, 6) is -2.90. The topological polar surface area (TPSA) is 155 Å². The first-order chi connectivity index (χ1) is 23.3. The molecule has 0 bridgehead atoms. The number of carbonyl (C=O) groups excluding carboxylic acids is 5. The Hall–Kier alpha value is -5.17. The summed E-state index contributed by atoms with van der Waals surface area (Å²) in [6, 6.07) is 19.5. The third-order valence-corrected chi connectivity index (χ3v) is 8.16. The highest BCUT2D eigenvalue weighted by Gasteiger charge is 2.42. The Morgan fingerprint density at radius 3 is 2.28 bits per heavy atom. The number of aromatic nitrogens is 1. The molecule has 2 aliphatic heterocycles. The number of hydrogen-bond acceptors (Lipinski definition) is 7. The number of primary amides is 1. The number of pyridine rings is 1. The Balaban J connectivity index is 0.00000562. The number of ether oxygens (including phenoxy) is 1. The summed E-state index contributed by atoms with van der Waals surface area (Å²) in [5.41, 5.74) is 6.80. The molecule has 0 unspecified atom stereocenters. The number of hydrogen-bond donors (Lipinski definition) is 2. The summed E-state index contributed by atoms with van der Waals surface area (Å²) < 4.78 is 7.12. The van der Waals surface area contributed by atoms with Crippen molar-refractivity contribution in [3.63, 3.8) is 0 Å². The zero-order chi connectivity index (χ0) is 35.3. The molecule has 2 aromatic carbocycles. The Morgan fingerprint density at radius 1 is 1.02 bits per heavy atom. The van der Waals surface area contributed by atoms with Crippen molar-refractivity contribution < 1.29 is 50.3 Å². The van der Waals surface area contributed by atoms with Crippen molar-refractivity contribution >= 4 is 41.0 Å². The zero-order valence-corrected chi connectivity index (χ0v) is 30.0. The highest BCUT2D eigenvalue weighted by atomic mass is 79.9. The molecule has 0 spiro atoms. The van der Waals surface area contributed by atoms with Crippen molar-refractivity contribution in [1.82, 2.24) is 15.1 Å². The highest BCUT2D eigenvalue weighted by Crippen LogP contribution is 2.31. The molecule has 262 valence electrons. The average molecular weight is 746 g/mol. The number of Topliss-reactive ketones (excluding diaryl/α,β-unsaturated/α-hetero) is 1. The molecule has 0 radical (unpaired) electrons. The molecule has 3 N–H and O–H groups in total. The molecule has 0 fully saturated rings. The van der Waals surface area contributed by atoms with Crippen LogP contribution in [-0.4, -0.2) is 75.9 Å². The summed E-state index contributed by atoms with van der Waals surface area (Å²) in [6.07, 6.45) is 4.90. The van der Waals surface area contributed by atoms with Crippen molar-refractivity contribution in [2.75, 3.05) is 13.2 Å². The van der Waals surface area contributed by atoms with E-state index in [0.717, 1.165) is 5.56 Å². The van der Waals surface area contributed by atoms with Crippen LogP contribution in [0, 0.1) is 5.92 Å². The second kappa shape index (κ2) is 16.0. The van der Waals surface area contributed by atoms with E-state index >= 15 is 0 Å². The minimum atomic E-state index is -1.00. The van der Waals surface area contributed by atoms with E-state index in [2.05, 4.69) is 10.3 Å². The molecule has 50 heavy (non-hydrogen) atoms. The van der Waals surface area contributed by atoms with Gasteiger partial charge < -0.3 is 32.8 Å². The van der Waals surface area contributed by atoms with E-state index in [1.807, 2.05) is 64.1 Å². The summed E-state index contributed by atoms with van der Waals surface area (Å²) in [6.45, 7) is 7.06. The van der Waals surface area contributed by atoms with Crippen LogP contribution < -0.4 is 32.6 Å². The second-order valence-electron chi connectivity index (χ2n) is 13.1. The van der Waals surface area contributed by atoms with E-state index in [1.165, 1.54) is 20.6 Å². The molecule has 13 heteroatoms. The maximum absolute atomic E-state index is 14.4. The Labute approximate surface area is 301 Å². The third-order valence-electron chi connectivity index (χ3n) is 8.16. The van der Waals surface area contributed by atoms with Crippen molar-refractivity contribution in [2.45, 2.75) is 58.3 Å². The molecule has 2 aliphatic rings.